The molecule has 2 N–H and O–H groups in total. The number of nitrogens with zero attached hydrogens (tertiary/aromatic N) is 1. The molecule has 0 fully saturated rings. The van der Waals surface area contributed by atoms with E-state index in [1.165, 1.54) is 6.07 Å². The maximum atomic E-state index is 11.1. The number of rotatable bonds is 1. The molecular weight excluding hydrogens is 220 g/mol. The summed E-state index contributed by atoms with van der Waals surface area (Å²) >= 11 is 5.80. The maximum absolute atomic E-state index is 11.1. The average molecular weight is 225 g/mol. The highest BCUT2D eigenvalue weighted by Gasteiger charge is 2.12. The van der Waals surface area contributed by atoms with Crippen LogP contribution in [-0.4, -0.2) is 21.0 Å². The molecule has 6 heteroatoms. The van der Waals surface area contributed by atoms with Crippen molar-refractivity contribution in [3.63, 3.8) is 0 Å². The minimum atomic E-state index is -1.22. The van der Waals surface area contributed by atoms with E-state index in [2.05, 4.69) is 9.97 Å². The summed E-state index contributed by atoms with van der Waals surface area (Å²) in [4.78, 5) is 27.7. The quantitative estimate of drug-likeness (QED) is 0.764. The minimum Gasteiger partial charge on any atom is -0.477 e. The van der Waals surface area contributed by atoms with E-state index in [-0.39, 0.29) is 16.2 Å². The number of halogens is 1. The fourth-order valence-corrected chi connectivity index (χ4v) is 1.52. The Hall–Kier alpha value is -1.88. The molecule has 2 rings (SSSR count). The van der Waals surface area contributed by atoms with Crippen LogP contribution in [0.4, 0.5) is 0 Å². The molecule has 0 radical (unpaired) electrons. The number of benzene rings is 1. The Kier molecular flexibility index (Phi) is 2.17. The monoisotopic (exact) mass is 224 g/mol. The van der Waals surface area contributed by atoms with Crippen LogP contribution >= 0.6 is 11.6 Å². The molecule has 0 amide bonds. The minimum absolute atomic E-state index is 0.195. The van der Waals surface area contributed by atoms with Gasteiger partial charge in [0.25, 0.3) is 0 Å². The van der Waals surface area contributed by atoms with Crippen LogP contribution in [0.15, 0.2) is 23.0 Å². The van der Waals surface area contributed by atoms with Crippen molar-refractivity contribution in [1.82, 2.24) is 9.97 Å². The van der Waals surface area contributed by atoms with Gasteiger partial charge in [-0.15, -0.1) is 0 Å². The number of carboxylic acids is 1. The molecule has 15 heavy (non-hydrogen) atoms. The standard InChI is InChI=1S/C9H5ClN2O3/c10-5-3-1-2-4-6(5)11-9(15)12-7(4)8(13)14/h1-3H,(H,13,14)(H,11,12,15). The second-order valence-electron chi connectivity index (χ2n) is 2.86. The Bertz CT molecular complexity index is 606. The maximum Gasteiger partial charge on any atom is 0.353 e. The summed E-state index contributed by atoms with van der Waals surface area (Å²) in [5.41, 5.74) is -0.735. The van der Waals surface area contributed by atoms with Crippen molar-refractivity contribution in [2.75, 3.05) is 0 Å². The third-order valence-electron chi connectivity index (χ3n) is 1.92. The van der Waals surface area contributed by atoms with Gasteiger partial charge in [-0.25, -0.2) is 9.59 Å². The molecule has 0 atom stereocenters. The third-order valence-corrected chi connectivity index (χ3v) is 2.22. The summed E-state index contributed by atoms with van der Waals surface area (Å²) in [6.07, 6.45) is 0. The average Bonchev–Trinajstić information content (AvgIpc) is 2.18. The van der Waals surface area contributed by atoms with Crippen molar-refractivity contribution in [1.29, 1.82) is 0 Å². The van der Waals surface area contributed by atoms with Gasteiger partial charge in [0.05, 0.1) is 10.5 Å². The normalized spacial score (nSPS) is 10.5. The number of H-pyrrole nitrogens is 1. The summed E-state index contributed by atoms with van der Waals surface area (Å²) in [6.45, 7) is 0. The summed E-state index contributed by atoms with van der Waals surface area (Å²) < 4.78 is 0. The lowest BCUT2D eigenvalue weighted by molar-refractivity contribution is 0.0692. The van der Waals surface area contributed by atoms with Crippen LogP contribution in [0.2, 0.25) is 5.02 Å². The molecule has 0 unspecified atom stereocenters. The highest BCUT2D eigenvalue weighted by Crippen LogP contribution is 2.21. The lowest BCUT2D eigenvalue weighted by Crippen LogP contribution is -2.16. The lowest BCUT2D eigenvalue weighted by Gasteiger charge is -2.01. The molecule has 0 aliphatic rings. The third kappa shape index (κ3) is 1.57. The van der Waals surface area contributed by atoms with Gasteiger partial charge < -0.3 is 5.11 Å². The van der Waals surface area contributed by atoms with E-state index in [1.54, 1.807) is 12.1 Å². The van der Waals surface area contributed by atoms with E-state index in [0.717, 1.165) is 0 Å². The van der Waals surface area contributed by atoms with Crippen molar-refractivity contribution in [3.05, 3.63) is 39.4 Å². The SMILES string of the molecule is O=C(O)c1[nH]c(=O)nc2c(Cl)cccc12. The number of fused-ring (bicyclic) bond motifs is 1. The topological polar surface area (TPSA) is 83.0 Å². The van der Waals surface area contributed by atoms with Gasteiger partial charge >= 0.3 is 11.7 Å². The van der Waals surface area contributed by atoms with E-state index in [9.17, 15) is 9.59 Å². The van der Waals surface area contributed by atoms with Gasteiger partial charge in [0.2, 0.25) is 0 Å². The Morgan fingerprint density at radius 2 is 2.20 bits per heavy atom. The summed E-state index contributed by atoms with van der Waals surface area (Å²) in [6, 6.07) is 4.67. The molecule has 0 bridgehead atoms. The highest BCUT2D eigenvalue weighted by atomic mass is 35.5. The Labute approximate surface area is 88.3 Å². The van der Waals surface area contributed by atoms with Crippen LogP contribution in [0.5, 0.6) is 0 Å². The predicted octanol–water partition coefficient (Wildman–Crippen LogP) is 1.27. The number of aromatic carboxylic acids is 1. The number of carbonyl (C=O) groups is 1. The molecule has 76 valence electrons. The van der Waals surface area contributed by atoms with Crippen LogP contribution in [0.25, 0.3) is 10.9 Å². The zero-order valence-corrected chi connectivity index (χ0v) is 8.08. The molecular formula is C9H5ClN2O3. The van der Waals surface area contributed by atoms with Crippen molar-refractivity contribution < 1.29 is 9.90 Å². The molecule has 2 aromatic rings. The van der Waals surface area contributed by atoms with Gasteiger partial charge in [0, 0.05) is 5.39 Å². The highest BCUT2D eigenvalue weighted by molar-refractivity contribution is 6.35. The smallest absolute Gasteiger partial charge is 0.353 e. The Morgan fingerprint density at radius 1 is 1.47 bits per heavy atom. The number of para-hydroxylation sites is 1. The first-order valence-corrected chi connectivity index (χ1v) is 4.39. The molecule has 5 nitrogen and oxygen atoms in total. The molecule has 0 aliphatic carbocycles. The summed E-state index contributed by atoms with van der Waals surface area (Å²) in [7, 11) is 0. The lowest BCUT2D eigenvalue weighted by atomic mass is 10.2. The van der Waals surface area contributed by atoms with E-state index in [0.29, 0.717) is 5.39 Å². The molecule has 0 spiro atoms. The predicted molar refractivity (Wildman–Crippen MR) is 54.3 cm³/mol. The Morgan fingerprint density at radius 3 is 2.87 bits per heavy atom. The van der Waals surface area contributed by atoms with Crippen molar-refractivity contribution in [2.45, 2.75) is 0 Å². The van der Waals surface area contributed by atoms with Gasteiger partial charge in [0.1, 0.15) is 5.69 Å². The number of nitrogens with one attached hydrogen (secondary N) is 1. The van der Waals surface area contributed by atoms with Crippen molar-refractivity contribution in [3.8, 4) is 0 Å². The Balaban J connectivity index is 2.99. The first kappa shape index (κ1) is 9.67. The van der Waals surface area contributed by atoms with Crippen LogP contribution < -0.4 is 5.69 Å². The van der Waals surface area contributed by atoms with Crippen LogP contribution in [-0.2, 0) is 0 Å². The number of carboxylic acid groups (broad SMARTS) is 1. The van der Waals surface area contributed by atoms with E-state index in [1.807, 2.05) is 0 Å². The van der Waals surface area contributed by atoms with Gasteiger partial charge in [-0.05, 0) is 6.07 Å². The van der Waals surface area contributed by atoms with Crippen molar-refractivity contribution in [2.24, 2.45) is 0 Å². The zero-order chi connectivity index (χ0) is 11.0. The van der Waals surface area contributed by atoms with Crippen LogP contribution in [0.3, 0.4) is 0 Å². The number of aromatic nitrogens is 2. The first-order chi connectivity index (χ1) is 7.09. The van der Waals surface area contributed by atoms with Gasteiger partial charge in [-0.1, -0.05) is 23.7 Å². The molecule has 0 aliphatic heterocycles. The van der Waals surface area contributed by atoms with Gasteiger partial charge in [-0.2, -0.15) is 4.98 Å². The largest absolute Gasteiger partial charge is 0.477 e. The van der Waals surface area contributed by atoms with E-state index in [4.69, 9.17) is 16.7 Å². The van der Waals surface area contributed by atoms with Crippen LogP contribution in [0, 0.1) is 0 Å². The zero-order valence-electron chi connectivity index (χ0n) is 7.32. The molecule has 0 saturated heterocycles. The summed E-state index contributed by atoms with van der Waals surface area (Å²) in [5, 5.41) is 9.42. The van der Waals surface area contributed by atoms with Gasteiger partial charge in [0.15, 0.2) is 0 Å². The van der Waals surface area contributed by atoms with E-state index < -0.39 is 11.7 Å². The fraction of sp³-hybridized carbons (Fsp3) is 0. The van der Waals surface area contributed by atoms with Crippen molar-refractivity contribution >= 4 is 28.5 Å². The number of aromatic amines is 1. The van der Waals surface area contributed by atoms with Gasteiger partial charge in [-0.3, -0.25) is 4.98 Å². The second kappa shape index (κ2) is 3.36. The molecule has 1 aromatic carbocycles. The first-order valence-electron chi connectivity index (χ1n) is 4.01. The molecule has 0 saturated carbocycles. The second-order valence-corrected chi connectivity index (χ2v) is 3.27. The van der Waals surface area contributed by atoms with Crippen LogP contribution in [0.1, 0.15) is 10.5 Å². The summed E-state index contributed by atoms with van der Waals surface area (Å²) in [5.74, 6) is -1.22. The fourth-order valence-electron chi connectivity index (χ4n) is 1.30. The molecule has 1 heterocycles. The number of hydrogen-bond donors (Lipinski definition) is 2. The number of hydrogen-bond acceptors (Lipinski definition) is 3. The van der Waals surface area contributed by atoms with E-state index >= 15 is 0 Å². The molecule has 1 aromatic heterocycles.